The number of nitrogens with one attached hydrogen (secondary N) is 1. The number of cyclic esters (lactones) is 1. The molecule has 0 bridgehead atoms. The molecule has 6 nitrogen and oxygen atoms in total. The van der Waals surface area contributed by atoms with Crippen molar-refractivity contribution in [2.75, 3.05) is 19.8 Å². The number of carbonyl (C=O) groups excluding carboxylic acids is 2. The van der Waals surface area contributed by atoms with Gasteiger partial charge in [0.2, 0.25) is 6.41 Å². The van der Waals surface area contributed by atoms with Gasteiger partial charge in [-0.15, -0.1) is 11.3 Å². The van der Waals surface area contributed by atoms with Crippen LogP contribution in [-0.4, -0.2) is 32.1 Å². The average Bonchev–Trinajstić information content (AvgIpc) is 3.29. The van der Waals surface area contributed by atoms with Crippen molar-refractivity contribution in [2.45, 2.75) is 72.3 Å². The highest BCUT2D eigenvalue weighted by atomic mass is 32.1. The Bertz CT molecular complexity index is 955. The lowest BCUT2D eigenvalue weighted by molar-refractivity contribution is -0.109. The van der Waals surface area contributed by atoms with Gasteiger partial charge in [-0.2, -0.15) is 5.26 Å². The molecule has 8 heteroatoms. The zero-order valence-electron chi connectivity index (χ0n) is 21.4. The first kappa shape index (κ1) is 30.3. The molecule has 0 unspecified atom stereocenters. The van der Waals surface area contributed by atoms with E-state index in [2.05, 4.69) is 19.2 Å². The van der Waals surface area contributed by atoms with E-state index in [1.54, 1.807) is 19.1 Å². The molecule has 1 aliphatic rings. The van der Waals surface area contributed by atoms with Crippen LogP contribution in [0.15, 0.2) is 24.3 Å². The van der Waals surface area contributed by atoms with Crippen LogP contribution in [0.3, 0.4) is 0 Å². The third-order valence-corrected chi connectivity index (χ3v) is 6.21. The van der Waals surface area contributed by atoms with Crippen molar-refractivity contribution in [3.05, 3.63) is 46.1 Å². The van der Waals surface area contributed by atoms with Crippen LogP contribution in [0.25, 0.3) is 10.4 Å². The number of nitrogens with zero attached hydrogens (tertiary/aromatic N) is 1. The molecule has 1 aromatic carbocycles. The lowest BCUT2D eigenvalue weighted by atomic mass is 9.94. The smallest absolute Gasteiger partial charge is 0.339 e. The first-order valence-corrected chi connectivity index (χ1v) is 12.8. The predicted octanol–water partition coefficient (Wildman–Crippen LogP) is 6.52. The molecule has 0 aliphatic carbocycles. The Morgan fingerprint density at radius 3 is 2.46 bits per heavy atom. The van der Waals surface area contributed by atoms with E-state index < -0.39 is 5.60 Å². The number of ether oxygens (including phenoxy) is 2. The van der Waals surface area contributed by atoms with Gasteiger partial charge in [0.15, 0.2) is 0 Å². The van der Waals surface area contributed by atoms with E-state index in [4.69, 9.17) is 14.7 Å². The molecule has 1 amide bonds. The first-order valence-electron chi connectivity index (χ1n) is 12.0. The molecule has 0 spiro atoms. The number of hydrogen-bond acceptors (Lipinski definition) is 6. The number of unbranched alkanes of at least 4 members (excludes halogenated alkanes) is 3. The van der Waals surface area contributed by atoms with Crippen LogP contribution in [0.2, 0.25) is 0 Å². The number of rotatable bonds is 10. The van der Waals surface area contributed by atoms with Crippen molar-refractivity contribution in [1.29, 1.82) is 5.26 Å². The number of amides is 1. The van der Waals surface area contributed by atoms with E-state index in [-0.39, 0.29) is 18.3 Å². The average molecular weight is 505 g/mol. The Morgan fingerprint density at radius 1 is 1.17 bits per heavy atom. The summed E-state index contributed by atoms with van der Waals surface area (Å²) >= 11 is 1.41. The SMILES string of the molecule is CCCCCCOCCC.Cc1sc(-c2ccc3c(c2)C(C)(C)OC3=O)cc1F.N#CCNC=O. The number of carbonyl (C=O) groups is 2. The van der Waals surface area contributed by atoms with Crippen molar-refractivity contribution < 1.29 is 23.5 Å². The van der Waals surface area contributed by atoms with Crippen LogP contribution >= 0.6 is 11.3 Å². The quantitative estimate of drug-likeness (QED) is 0.172. The second-order valence-corrected chi connectivity index (χ2v) is 9.76. The van der Waals surface area contributed by atoms with E-state index in [0.29, 0.717) is 16.9 Å². The number of esters is 1. The second kappa shape index (κ2) is 16.0. The van der Waals surface area contributed by atoms with Crippen LogP contribution < -0.4 is 5.32 Å². The fraction of sp³-hybridized carbons (Fsp3) is 0.519. The Morgan fingerprint density at radius 2 is 1.91 bits per heavy atom. The van der Waals surface area contributed by atoms with Crippen LogP contribution in [0.1, 0.15) is 80.6 Å². The minimum absolute atomic E-state index is 0.101. The molecule has 3 rings (SSSR count). The number of hydrogen-bond donors (Lipinski definition) is 1. The summed E-state index contributed by atoms with van der Waals surface area (Å²) in [4.78, 5) is 22.5. The molecule has 0 saturated carbocycles. The minimum Gasteiger partial charge on any atom is -0.451 e. The highest BCUT2D eigenvalue weighted by Crippen LogP contribution is 2.39. The highest BCUT2D eigenvalue weighted by molar-refractivity contribution is 7.15. The normalized spacial score (nSPS) is 12.8. The molecule has 0 radical (unpaired) electrons. The third kappa shape index (κ3) is 10.2. The molecular weight excluding hydrogens is 467 g/mol. The number of aryl methyl sites for hydroxylation is 1. The third-order valence-electron chi connectivity index (χ3n) is 5.13. The molecule has 35 heavy (non-hydrogen) atoms. The summed E-state index contributed by atoms with van der Waals surface area (Å²) in [5, 5.41) is 9.88. The molecule has 1 aliphatic heterocycles. The van der Waals surface area contributed by atoms with Gasteiger partial charge >= 0.3 is 5.97 Å². The lowest BCUT2D eigenvalue weighted by Crippen LogP contribution is -2.16. The van der Waals surface area contributed by atoms with Gasteiger partial charge in [0.05, 0.1) is 11.6 Å². The van der Waals surface area contributed by atoms with Gasteiger partial charge in [-0.05, 0) is 57.4 Å². The summed E-state index contributed by atoms with van der Waals surface area (Å²) in [6, 6.07) is 8.78. The summed E-state index contributed by atoms with van der Waals surface area (Å²) in [6.45, 7) is 11.9. The first-order chi connectivity index (χ1) is 16.7. The number of thiophene rings is 1. The van der Waals surface area contributed by atoms with Gasteiger partial charge in [0.25, 0.3) is 0 Å². The van der Waals surface area contributed by atoms with Crippen molar-refractivity contribution in [2.24, 2.45) is 0 Å². The predicted molar refractivity (Wildman–Crippen MR) is 138 cm³/mol. The molecular formula is C27H37FN2O4S. The van der Waals surface area contributed by atoms with E-state index in [1.165, 1.54) is 43.1 Å². The van der Waals surface area contributed by atoms with Crippen molar-refractivity contribution in [3.8, 4) is 16.5 Å². The molecule has 192 valence electrons. The van der Waals surface area contributed by atoms with Crippen molar-refractivity contribution >= 4 is 23.7 Å². The number of halogens is 1. The van der Waals surface area contributed by atoms with Gasteiger partial charge in [-0.25, -0.2) is 9.18 Å². The Hall–Kier alpha value is -2.76. The van der Waals surface area contributed by atoms with E-state index in [1.807, 2.05) is 26.0 Å². The van der Waals surface area contributed by atoms with Gasteiger partial charge in [-0.3, -0.25) is 4.79 Å². The molecule has 2 aromatic rings. The summed E-state index contributed by atoms with van der Waals surface area (Å²) in [7, 11) is 0. The molecule has 0 atom stereocenters. The fourth-order valence-corrected chi connectivity index (χ4v) is 4.18. The van der Waals surface area contributed by atoms with Gasteiger partial charge in [-0.1, -0.05) is 39.2 Å². The molecule has 0 saturated heterocycles. The largest absolute Gasteiger partial charge is 0.451 e. The highest BCUT2D eigenvalue weighted by Gasteiger charge is 2.37. The summed E-state index contributed by atoms with van der Waals surface area (Å²) in [5.41, 5.74) is 1.76. The fourth-order valence-electron chi connectivity index (χ4n) is 3.28. The molecule has 1 N–H and O–H groups in total. The summed E-state index contributed by atoms with van der Waals surface area (Å²) in [6.07, 6.45) is 6.88. The zero-order valence-corrected chi connectivity index (χ0v) is 22.2. The Kier molecular flexibility index (Phi) is 13.8. The second-order valence-electron chi connectivity index (χ2n) is 8.50. The van der Waals surface area contributed by atoms with Crippen molar-refractivity contribution in [1.82, 2.24) is 5.32 Å². The van der Waals surface area contributed by atoms with Crippen LogP contribution in [0.5, 0.6) is 0 Å². The van der Waals surface area contributed by atoms with Gasteiger partial charge in [0, 0.05) is 28.5 Å². The standard InChI is InChI=1S/C15H13FO2S.C9H20O.C3H4N2O/c1-8-12(16)7-13(19-8)9-4-5-10-11(6-9)15(2,3)18-14(10)17;1-3-5-6-7-9-10-8-4-2;4-1-2-5-3-6/h4-7H,1-3H3;3-9H2,1-2H3;3H,2H2,(H,5,6). The van der Waals surface area contributed by atoms with Crippen molar-refractivity contribution in [3.63, 3.8) is 0 Å². The molecule has 1 aromatic heterocycles. The number of nitriles is 1. The lowest BCUT2D eigenvalue weighted by Gasteiger charge is -2.17. The minimum atomic E-state index is -0.618. The van der Waals surface area contributed by atoms with E-state index in [0.717, 1.165) is 35.6 Å². The maximum Gasteiger partial charge on any atom is 0.339 e. The zero-order chi connectivity index (χ0) is 26.3. The topological polar surface area (TPSA) is 88.4 Å². The van der Waals surface area contributed by atoms with Gasteiger partial charge in [0.1, 0.15) is 18.0 Å². The Balaban J connectivity index is 0.000000323. The monoisotopic (exact) mass is 504 g/mol. The Labute approximate surface area is 212 Å². The van der Waals surface area contributed by atoms with E-state index >= 15 is 0 Å². The van der Waals surface area contributed by atoms with Crippen LogP contribution in [-0.2, 0) is 19.9 Å². The molecule has 2 heterocycles. The number of fused-ring (bicyclic) bond motifs is 1. The summed E-state index contributed by atoms with van der Waals surface area (Å²) in [5.74, 6) is -0.479. The maximum absolute atomic E-state index is 13.4. The van der Waals surface area contributed by atoms with Gasteiger partial charge < -0.3 is 14.8 Å². The maximum atomic E-state index is 13.4. The summed E-state index contributed by atoms with van der Waals surface area (Å²) < 4.78 is 24.1. The van der Waals surface area contributed by atoms with E-state index in [9.17, 15) is 14.0 Å². The number of benzene rings is 1. The van der Waals surface area contributed by atoms with Crippen LogP contribution in [0.4, 0.5) is 4.39 Å². The molecule has 0 fully saturated rings. The van der Waals surface area contributed by atoms with Crippen LogP contribution in [0, 0.1) is 24.1 Å².